The van der Waals surface area contributed by atoms with Crippen molar-refractivity contribution in [3.8, 4) is 16.9 Å². The Kier molecular flexibility index (Phi) is 7.95. The summed E-state index contributed by atoms with van der Waals surface area (Å²) in [4.78, 5) is 10.6. The lowest BCUT2D eigenvalue weighted by Gasteiger charge is -2.11. The molecule has 7 nitrogen and oxygen atoms in total. The number of aromatic nitrogens is 2. The molecule has 0 radical (unpaired) electrons. The molecular formula is C26H25N3O4S. The summed E-state index contributed by atoms with van der Waals surface area (Å²) in [6.07, 6.45) is 0. The molecule has 4 aromatic rings. The van der Waals surface area contributed by atoms with Gasteiger partial charge in [-0.25, -0.2) is 0 Å². The zero-order valence-corrected chi connectivity index (χ0v) is 19.5. The van der Waals surface area contributed by atoms with E-state index in [4.69, 9.17) is 14.3 Å². The fraction of sp³-hybridized carbons (Fsp3) is 0.192. The van der Waals surface area contributed by atoms with Gasteiger partial charge in [0.1, 0.15) is 5.75 Å². The zero-order valence-electron chi connectivity index (χ0n) is 18.7. The maximum Gasteiger partial charge on any atom is 0.317 e. The molecule has 8 heteroatoms. The standard InChI is InChI=1S/C26H25N3O4S/c1-18-22(21-6-3-2-4-7-21)8-5-9-23(18)32-16-24-28-29-26(33-24)34-17-20-12-10-19(11-13-20)14-27-15-25(30)31/h2-13,27H,14-17H2,1H3,(H,30,31). The molecule has 0 spiro atoms. The van der Waals surface area contributed by atoms with Crippen molar-refractivity contribution in [3.05, 3.63) is 95.4 Å². The Bertz CT molecular complexity index is 1230. The van der Waals surface area contributed by atoms with Gasteiger partial charge < -0.3 is 19.6 Å². The third-order valence-electron chi connectivity index (χ3n) is 5.16. The highest BCUT2D eigenvalue weighted by molar-refractivity contribution is 7.98. The summed E-state index contributed by atoms with van der Waals surface area (Å²) in [7, 11) is 0. The van der Waals surface area contributed by atoms with Crippen LogP contribution in [-0.4, -0.2) is 27.8 Å². The Morgan fingerprint density at radius 1 is 1.00 bits per heavy atom. The van der Waals surface area contributed by atoms with Crippen LogP contribution < -0.4 is 10.1 Å². The number of carbonyl (C=O) groups is 1. The van der Waals surface area contributed by atoms with E-state index in [1.165, 1.54) is 11.8 Å². The van der Waals surface area contributed by atoms with Crippen molar-refractivity contribution >= 4 is 17.7 Å². The molecule has 0 atom stereocenters. The van der Waals surface area contributed by atoms with E-state index < -0.39 is 5.97 Å². The molecule has 174 valence electrons. The topological polar surface area (TPSA) is 97.5 Å². The Morgan fingerprint density at radius 2 is 1.76 bits per heavy atom. The molecular weight excluding hydrogens is 450 g/mol. The molecule has 0 aliphatic carbocycles. The number of carboxylic acids is 1. The van der Waals surface area contributed by atoms with Crippen LogP contribution in [0.5, 0.6) is 5.75 Å². The van der Waals surface area contributed by atoms with Crippen LogP contribution in [0.1, 0.15) is 22.6 Å². The van der Waals surface area contributed by atoms with E-state index in [-0.39, 0.29) is 13.2 Å². The van der Waals surface area contributed by atoms with E-state index in [1.54, 1.807) is 0 Å². The number of benzene rings is 3. The second-order valence-electron chi connectivity index (χ2n) is 7.65. The molecule has 2 N–H and O–H groups in total. The molecule has 0 aliphatic heterocycles. The minimum absolute atomic E-state index is 0.0567. The first-order valence-corrected chi connectivity index (χ1v) is 11.8. The first-order chi connectivity index (χ1) is 16.6. The largest absolute Gasteiger partial charge is 0.484 e. The molecule has 3 aromatic carbocycles. The van der Waals surface area contributed by atoms with Gasteiger partial charge in [-0.2, -0.15) is 0 Å². The fourth-order valence-electron chi connectivity index (χ4n) is 3.41. The smallest absolute Gasteiger partial charge is 0.317 e. The van der Waals surface area contributed by atoms with Gasteiger partial charge in [0.2, 0.25) is 0 Å². The molecule has 0 bridgehead atoms. The number of hydrogen-bond acceptors (Lipinski definition) is 7. The number of nitrogens with one attached hydrogen (secondary N) is 1. The van der Waals surface area contributed by atoms with Crippen molar-refractivity contribution in [3.63, 3.8) is 0 Å². The Balaban J connectivity index is 1.29. The number of hydrogen-bond donors (Lipinski definition) is 2. The van der Waals surface area contributed by atoms with Gasteiger partial charge in [-0.15, -0.1) is 10.2 Å². The number of nitrogens with zero attached hydrogens (tertiary/aromatic N) is 2. The first kappa shape index (κ1) is 23.5. The predicted octanol–water partition coefficient (Wildman–Crippen LogP) is 5.09. The average Bonchev–Trinajstić information content (AvgIpc) is 3.31. The molecule has 34 heavy (non-hydrogen) atoms. The maximum atomic E-state index is 10.6. The van der Waals surface area contributed by atoms with E-state index in [2.05, 4.69) is 33.7 Å². The molecule has 0 aliphatic rings. The van der Waals surface area contributed by atoms with Crippen LogP contribution >= 0.6 is 11.8 Å². The summed E-state index contributed by atoms with van der Waals surface area (Å²) in [5.41, 5.74) is 5.47. The van der Waals surface area contributed by atoms with Gasteiger partial charge in [0.05, 0.1) is 6.54 Å². The van der Waals surface area contributed by atoms with Crippen molar-refractivity contribution in [2.75, 3.05) is 6.54 Å². The van der Waals surface area contributed by atoms with Gasteiger partial charge in [-0.3, -0.25) is 4.79 Å². The molecule has 1 heterocycles. The van der Waals surface area contributed by atoms with Crippen molar-refractivity contribution in [2.24, 2.45) is 0 Å². The van der Waals surface area contributed by atoms with Crippen molar-refractivity contribution in [1.29, 1.82) is 0 Å². The van der Waals surface area contributed by atoms with Crippen LogP contribution in [-0.2, 0) is 23.7 Å². The monoisotopic (exact) mass is 475 g/mol. The summed E-state index contributed by atoms with van der Waals surface area (Å²) in [6, 6.07) is 24.2. The second-order valence-corrected chi connectivity index (χ2v) is 8.57. The number of rotatable bonds is 11. The van der Waals surface area contributed by atoms with Crippen molar-refractivity contribution in [2.45, 2.75) is 31.1 Å². The molecule has 0 fully saturated rings. The Morgan fingerprint density at radius 3 is 2.53 bits per heavy atom. The fourth-order valence-corrected chi connectivity index (χ4v) is 4.14. The van der Waals surface area contributed by atoms with Crippen molar-refractivity contribution < 1.29 is 19.1 Å². The van der Waals surface area contributed by atoms with Crippen LogP contribution in [0, 0.1) is 6.92 Å². The third-order valence-corrected chi connectivity index (χ3v) is 6.05. The summed E-state index contributed by atoms with van der Waals surface area (Å²) in [5.74, 6) is 1.02. The number of carboxylic acid groups (broad SMARTS) is 1. The highest BCUT2D eigenvalue weighted by atomic mass is 32.2. The van der Waals surface area contributed by atoms with E-state index in [0.717, 1.165) is 33.6 Å². The molecule has 1 aromatic heterocycles. The zero-order chi connectivity index (χ0) is 23.8. The third kappa shape index (κ3) is 6.46. The molecule has 0 saturated heterocycles. The van der Waals surface area contributed by atoms with Crippen LogP contribution in [0.2, 0.25) is 0 Å². The lowest BCUT2D eigenvalue weighted by atomic mass is 10.00. The first-order valence-electron chi connectivity index (χ1n) is 10.8. The van der Waals surface area contributed by atoms with Gasteiger partial charge in [0, 0.05) is 12.3 Å². The van der Waals surface area contributed by atoms with Gasteiger partial charge in [-0.05, 0) is 40.8 Å². The van der Waals surface area contributed by atoms with E-state index in [0.29, 0.717) is 23.4 Å². The number of thioether (sulfide) groups is 1. The van der Waals surface area contributed by atoms with E-state index >= 15 is 0 Å². The average molecular weight is 476 g/mol. The van der Waals surface area contributed by atoms with E-state index in [9.17, 15) is 4.79 Å². The minimum Gasteiger partial charge on any atom is -0.484 e. The van der Waals surface area contributed by atoms with Crippen LogP contribution in [0.25, 0.3) is 11.1 Å². The highest BCUT2D eigenvalue weighted by Crippen LogP contribution is 2.30. The lowest BCUT2D eigenvalue weighted by Crippen LogP contribution is -2.21. The molecule has 0 amide bonds. The van der Waals surface area contributed by atoms with Crippen molar-refractivity contribution in [1.82, 2.24) is 15.5 Å². The Labute approximate surface area is 202 Å². The maximum absolute atomic E-state index is 10.6. The van der Waals surface area contributed by atoms with Crippen LogP contribution in [0.4, 0.5) is 0 Å². The lowest BCUT2D eigenvalue weighted by molar-refractivity contribution is -0.136. The molecule has 0 saturated carbocycles. The summed E-state index contributed by atoms with van der Waals surface area (Å²) in [6.45, 7) is 2.70. The molecule has 0 unspecified atom stereocenters. The van der Waals surface area contributed by atoms with Gasteiger partial charge in [0.15, 0.2) is 6.61 Å². The van der Waals surface area contributed by atoms with Gasteiger partial charge in [0.25, 0.3) is 11.1 Å². The second kappa shape index (κ2) is 11.5. The summed E-state index contributed by atoms with van der Waals surface area (Å²) < 4.78 is 11.7. The quantitative estimate of drug-likeness (QED) is 0.290. The summed E-state index contributed by atoms with van der Waals surface area (Å²) in [5, 5.41) is 20.2. The van der Waals surface area contributed by atoms with E-state index in [1.807, 2.05) is 61.5 Å². The van der Waals surface area contributed by atoms with Gasteiger partial charge >= 0.3 is 5.97 Å². The van der Waals surface area contributed by atoms with Crippen LogP contribution in [0.15, 0.2) is 82.4 Å². The van der Waals surface area contributed by atoms with Gasteiger partial charge in [-0.1, -0.05) is 78.5 Å². The predicted molar refractivity (Wildman–Crippen MR) is 131 cm³/mol. The van der Waals surface area contributed by atoms with Crippen LogP contribution in [0.3, 0.4) is 0 Å². The highest BCUT2D eigenvalue weighted by Gasteiger charge is 2.11. The Hall–Kier alpha value is -3.62. The molecule has 4 rings (SSSR count). The number of ether oxygens (including phenoxy) is 1. The SMILES string of the molecule is Cc1c(OCc2nnc(SCc3ccc(CNCC(=O)O)cc3)o2)cccc1-c1ccccc1. The number of aliphatic carboxylic acids is 1. The minimum atomic E-state index is -0.867. The normalized spacial score (nSPS) is 10.9. The summed E-state index contributed by atoms with van der Waals surface area (Å²) >= 11 is 1.46.